The van der Waals surface area contributed by atoms with Crippen molar-refractivity contribution in [2.24, 2.45) is 16.7 Å². The third-order valence-electron chi connectivity index (χ3n) is 6.60. The van der Waals surface area contributed by atoms with Gasteiger partial charge in [0, 0.05) is 11.0 Å². The highest BCUT2D eigenvalue weighted by atomic mass is 16.1. The van der Waals surface area contributed by atoms with Gasteiger partial charge in [-0.1, -0.05) is 50.3 Å². The van der Waals surface area contributed by atoms with Crippen LogP contribution < -0.4 is 0 Å². The molecule has 0 saturated heterocycles. The van der Waals surface area contributed by atoms with E-state index in [1.54, 1.807) is 6.92 Å². The van der Waals surface area contributed by atoms with E-state index in [0.717, 1.165) is 12.0 Å². The Balaban J connectivity index is 1.80. The molecule has 114 valence electrons. The molecule has 0 radical (unpaired) electrons. The van der Waals surface area contributed by atoms with Gasteiger partial charge in [0.15, 0.2) is 5.78 Å². The highest BCUT2D eigenvalue weighted by molar-refractivity contribution is 5.97. The number of rotatable bonds is 1. The number of allylic oxidation sites excluding steroid dienone is 10. The standard InChI is InChI=1S/C21H24O/c1-14(22)17-9-10-18-16-8-7-15-6-4-5-12-20(15,2)19(16)11-13-21(17,18)3/h4,6-10,19H,5,11-13H2,1-3H3/t19-,20-,21+/m0/s1. The van der Waals surface area contributed by atoms with Crippen molar-refractivity contribution in [2.45, 2.75) is 46.5 Å². The zero-order chi connectivity index (χ0) is 15.5. The van der Waals surface area contributed by atoms with Gasteiger partial charge in [-0.3, -0.25) is 4.79 Å². The molecule has 0 aliphatic heterocycles. The van der Waals surface area contributed by atoms with Gasteiger partial charge >= 0.3 is 0 Å². The number of hydrogen-bond donors (Lipinski definition) is 0. The molecule has 1 fully saturated rings. The summed E-state index contributed by atoms with van der Waals surface area (Å²) < 4.78 is 0. The summed E-state index contributed by atoms with van der Waals surface area (Å²) in [5, 5.41) is 0. The van der Waals surface area contributed by atoms with Gasteiger partial charge in [0.2, 0.25) is 0 Å². The molecule has 4 aliphatic carbocycles. The van der Waals surface area contributed by atoms with E-state index in [1.807, 2.05) is 0 Å². The van der Waals surface area contributed by atoms with Gasteiger partial charge in [-0.2, -0.15) is 0 Å². The average Bonchev–Trinajstić information content (AvgIpc) is 2.84. The van der Waals surface area contributed by atoms with Gasteiger partial charge in [-0.05, 0) is 60.7 Å². The topological polar surface area (TPSA) is 17.1 Å². The van der Waals surface area contributed by atoms with Crippen LogP contribution in [-0.4, -0.2) is 5.78 Å². The lowest BCUT2D eigenvalue weighted by molar-refractivity contribution is -0.114. The van der Waals surface area contributed by atoms with Crippen LogP contribution in [-0.2, 0) is 4.79 Å². The first-order chi connectivity index (χ1) is 10.5. The first kappa shape index (κ1) is 14.0. The number of Topliss-reactive ketones (excluding diaryl/α,β-unsaturated/α-hetero) is 1. The molecule has 4 aliphatic rings. The quantitative estimate of drug-likeness (QED) is 0.658. The normalized spacial score (nSPS) is 39.0. The Labute approximate surface area is 133 Å². The van der Waals surface area contributed by atoms with Crippen LogP contribution in [0.3, 0.4) is 0 Å². The van der Waals surface area contributed by atoms with Gasteiger partial charge in [-0.25, -0.2) is 0 Å². The Morgan fingerprint density at radius 1 is 1.14 bits per heavy atom. The van der Waals surface area contributed by atoms with Crippen molar-refractivity contribution in [3.8, 4) is 0 Å². The lowest BCUT2D eigenvalue weighted by Gasteiger charge is -2.50. The predicted molar refractivity (Wildman–Crippen MR) is 90.3 cm³/mol. The summed E-state index contributed by atoms with van der Waals surface area (Å²) in [6.45, 7) is 6.41. The van der Waals surface area contributed by atoms with Gasteiger partial charge in [0.25, 0.3) is 0 Å². The molecule has 0 N–H and O–H groups in total. The summed E-state index contributed by atoms with van der Waals surface area (Å²) in [4.78, 5) is 12.0. The molecule has 0 aromatic carbocycles. The monoisotopic (exact) mass is 292 g/mol. The minimum Gasteiger partial charge on any atom is -0.295 e. The maximum Gasteiger partial charge on any atom is 0.156 e. The Hall–Kier alpha value is -1.63. The SMILES string of the molecule is CC(=O)C1=CC=C2C3=CC=C4C=CCC[C@]4(C)[C@H]3CC[C@]12C. The smallest absolute Gasteiger partial charge is 0.156 e. The molecule has 1 saturated carbocycles. The zero-order valence-corrected chi connectivity index (χ0v) is 13.8. The van der Waals surface area contributed by atoms with Crippen LogP contribution in [0.4, 0.5) is 0 Å². The number of carbonyl (C=O) groups is 1. The minimum absolute atomic E-state index is 0.0552. The zero-order valence-electron chi connectivity index (χ0n) is 13.8. The van der Waals surface area contributed by atoms with E-state index >= 15 is 0 Å². The molecule has 0 aromatic rings. The second kappa shape index (κ2) is 4.44. The third kappa shape index (κ3) is 1.63. The van der Waals surface area contributed by atoms with Crippen LogP contribution in [0.15, 0.2) is 58.7 Å². The summed E-state index contributed by atoms with van der Waals surface area (Å²) in [6.07, 6.45) is 18.3. The molecule has 0 aromatic heterocycles. The number of carbonyl (C=O) groups excluding carboxylic acids is 1. The van der Waals surface area contributed by atoms with E-state index in [-0.39, 0.29) is 16.6 Å². The molecule has 1 nitrogen and oxygen atoms in total. The van der Waals surface area contributed by atoms with Gasteiger partial charge in [0.1, 0.15) is 0 Å². The van der Waals surface area contributed by atoms with Crippen molar-refractivity contribution in [3.05, 3.63) is 58.7 Å². The Bertz CT molecular complexity index is 712. The van der Waals surface area contributed by atoms with Crippen molar-refractivity contribution < 1.29 is 4.79 Å². The van der Waals surface area contributed by atoms with Crippen molar-refractivity contribution in [2.75, 3.05) is 0 Å². The summed E-state index contributed by atoms with van der Waals surface area (Å²) in [5.74, 6) is 0.836. The van der Waals surface area contributed by atoms with E-state index in [1.165, 1.54) is 36.0 Å². The van der Waals surface area contributed by atoms with Crippen LogP contribution in [0.5, 0.6) is 0 Å². The first-order valence-electron chi connectivity index (χ1n) is 8.50. The maximum absolute atomic E-state index is 12.0. The summed E-state index contributed by atoms with van der Waals surface area (Å²) in [5.41, 5.74) is 5.61. The van der Waals surface area contributed by atoms with Gasteiger partial charge < -0.3 is 0 Å². The second-order valence-electron chi connectivity index (χ2n) is 7.74. The van der Waals surface area contributed by atoms with Gasteiger partial charge in [-0.15, -0.1) is 0 Å². The Morgan fingerprint density at radius 3 is 2.73 bits per heavy atom. The molecule has 0 unspecified atom stereocenters. The molecular formula is C21H24O. The molecular weight excluding hydrogens is 268 g/mol. The largest absolute Gasteiger partial charge is 0.295 e. The highest BCUT2D eigenvalue weighted by Gasteiger charge is 2.50. The Kier molecular flexibility index (Phi) is 2.82. The number of hydrogen-bond acceptors (Lipinski definition) is 1. The van der Waals surface area contributed by atoms with E-state index in [2.05, 4.69) is 50.3 Å². The molecule has 1 heteroatoms. The number of fused-ring (bicyclic) bond motifs is 5. The molecule has 0 spiro atoms. The lowest BCUT2D eigenvalue weighted by Crippen LogP contribution is -2.41. The summed E-state index contributed by atoms with van der Waals surface area (Å²) >= 11 is 0. The van der Waals surface area contributed by atoms with Crippen molar-refractivity contribution >= 4 is 5.78 Å². The highest BCUT2D eigenvalue weighted by Crippen LogP contribution is 2.61. The van der Waals surface area contributed by atoms with Crippen LogP contribution in [0.1, 0.15) is 46.5 Å². The Morgan fingerprint density at radius 2 is 1.95 bits per heavy atom. The third-order valence-corrected chi connectivity index (χ3v) is 6.60. The molecule has 0 amide bonds. The van der Waals surface area contributed by atoms with Crippen molar-refractivity contribution in [1.82, 2.24) is 0 Å². The van der Waals surface area contributed by atoms with E-state index in [9.17, 15) is 4.79 Å². The fraction of sp³-hybridized carbons (Fsp3) is 0.476. The second-order valence-corrected chi connectivity index (χ2v) is 7.74. The molecule has 0 heterocycles. The van der Waals surface area contributed by atoms with Crippen molar-refractivity contribution in [3.63, 3.8) is 0 Å². The van der Waals surface area contributed by atoms with Crippen LogP contribution in [0, 0.1) is 16.7 Å². The fourth-order valence-corrected chi connectivity index (χ4v) is 5.24. The van der Waals surface area contributed by atoms with Gasteiger partial charge in [0.05, 0.1) is 0 Å². The minimum atomic E-state index is -0.0552. The van der Waals surface area contributed by atoms with Crippen LogP contribution >= 0.6 is 0 Å². The molecule has 3 atom stereocenters. The summed E-state index contributed by atoms with van der Waals surface area (Å²) in [7, 11) is 0. The average molecular weight is 292 g/mol. The number of ketones is 1. The van der Waals surface area contributed by atoms with E-state index in [0.29, 0.717) is 5.92 Å². The van der Waals surface area contributed by atoms with E-state index in [4.69, 9.17) is 0 Å². The molecule has 0 bridgehead atoms. The summed E-state index contributed by atoms with van der Waals surface area (Å²) in [6, 6.07) is 0. The van der Waals surface area contributed by atoms with Crippen molar-refractivity contribution in [1.29, 1.82) is 0 Å². The lowest BCUT2D eigenvalue weighted by atomic mass is 9.53. The maximum atomic E-state index is 12.0. The van der Waals surface area contributed by atoms with Crippen LogP contribution in [0.25, 0.3) is 0 Å². The predicted octanol–water partition coefficient (Wildman–Crippen LogP) is 5.08. The fourth-order valence-electron chi connectivity index (χ4n) is 5.24. The van der Waals surface area contributed by atoms with Crippen LogP contribution in [0.2, 0.25) is 0 Å². The molecule has 4 rings (SSSR count). The van der Waals surface area contributed by atoms with E-state index < -0.39 is 0 Å². The first-order valence-corrected chi connectivity index (χ1v) is 8.50. The molecule has 22 heavy (non-hydrogen) atoms.